The first-order valence-corrected chi connectivity index (χ1v) is 9.89. The van der Waals surface area contributed by atoms with Crippen LogP contribution in [0.5, 0.6) is 11.5 Å². The van der Waals surface area contributed by atoms with Crippen LogP contribution in [0, 0.1) is 13.8 Å². The third kappa shape index (κ3) is 3.91. The summed E-state index contributed by atoms with van der Waals surface area (Å²) in [5.41, 5.74) is 5.13. The molecule has 0 saturated heterocycles. The molecule has 150 valence electrons. The largest absolute Gasteiger partial charge is 0.486 e. The molecule has 0 saturated carbocycles. The third-order valence-corrected chi connectivity index (χ3v) is 5.26. The number of anilines is 1. The van der Waals surface area contributed by atoms with Crippen LogP contribution >= 0.6 is 12.2 Å². The highest BCUT2D eigenvalue weighted by Crippen LogP contribution is 2.36. The SMILES string of the molecule is CC1=C(C(=O)Nc2ccc(C)cc2C)[C@@H](c2ccc3c(c2)OCCO3)NC(=S)N1. The van der Waals surface area contributed by atoms with Crippen LogP contribution in [0.4, 0.5) is 5.69 Å². The van der Waals surface area contributed by atoms with E-state index in [-0.39, 0.29) is 5.91 Å². The van der Waals surface area contributed by atoms with Crippen molar-refractivity contribution in [2.24, 2.45) is 0 Å². The number of carbonyl (C=O) groups excluding carboxylic acids is 1. The molecule has 0 fully saturated rings. The quantitative estimate of drug-likeness (QED) is 0.674. The Labute approximate surface area is 175 Å². The number of nitrogens with one attached hydrogen (secondary N) is 3. The zero-order valence-electron chi connectivity index (χ0n) is 16.6. The van der Waals surface area contributed by atoms with Gasteiger partial charge in [0, 0.05) is 11.4 Å². The second kappa shape index (κ2) is 7.75. The van der Waals surface area contributed by atoms with Gasteiger partial charge in [0.05, 0.1) is 11.6 Å². The molecule has 0 radical (unpaired) electrons. The summed E-state index contributed by atoms with van der Waals surface area (Å²) >= 11 is 5.34. The Balaban J connectivity index is 1.68. The second-order valence-electron chi connectivity index (χ2n) is 7.25. The van der Waals surface area contributed by atoms with Crippen LogP contribution < -0.4 is 25.4 Å². The van der Waals surface area contributed by atoms with Crippen LogP contribution in [0.25, 0.3) is 0 Å². The highest BCUT2D eigenvalue weighted by Gasteiger charge is 2.31. The molecule has 3 N–H and O–H groups in total. The Bertz CT molecular complexity index is 1030. The molecule has 0 bridgehead atoms. The van der Waals surface area contributed by atoms with E-state index in [0.717, 1.165) is 28.1 Å². The standard InChI is InChI=1S/C22H23N3O3S/c1-12-4-6-16(13(2)10-12)24-21(26)19-14(3)23-22(29)25-20(19)15-5-7-17-18(11-15)28-9-8-27-17/h4-7,10-11,20H,8-9H2,1-3H3,(H,24,26)(H2,23,25,29)/t20-/m1/s1. The van der Waals surface area contributed by atoms with E-state index in [1.807, 2.05) is 57.2 Å². The number of ether oxygens (including phenoxy) is 2. The lowest BCUT2D eigenvalue weighted by atomic mass is 9.94. The fraction of sp³-hybridized carbons (Fsp3) is 0.273. The molecule has 0 aliphatic carbocycles. The summed E-state index contributed by atoms with van der Waals surface area (Å²) in [5.74, 6) is 1.20. The zero-order chi connectivity index (χ0) is 20.5. The highest BCUT2D eigenvalue weighted by molar-refractivity contribution is 7.80. The average molecular weight is 410 g/mol. The number of hydrogen-bond acceptors (Lipinski definition) is 4. The molecule has 2 aliphatic rings. The van der Waals surface area contributed by atoms with Crippen LogP contribution in [0.2, 0.25) is 0 Å². The number of hydrogen-bond donors (Lipinski definition) is 3. The van der Waals surface area contributed by atoms with Crippen molar-refractivity contribution in [1.82, 2.24) is 10.6 Å². The number of aryl methyl sites for hydroxylation is 2. The van der Waals surface area contributed by atoms with Gasteiger partial charge in [0.25, 0.3) is 5.91 Å². The number of carbonyl (C=O) groups is 1. The predicted octanol–water partition coefficient (Wildman–Crippen LogP) is 3.51. The van der Waals surface area contributed by atoms with Gasteiger partial charge in [-0.25, -0.2) is 0 Å². The van der Waals surface area contributed by atoms with Gasteiger partial charge < -0.3 is 25.4 Å². The second-order valence-corrected chi connectivity index (χ2v) is 7.65. The first kappa shape index (κ1) is 19.3. The van der Waals surface area contributed by atoms with Gasteiger partial charge in [0.2, 0.25) is 0 Å². The van der Waals surface area contributed by atoms with Gasteiger partial charge in [-0.1, -0.05) is 23.8 Å². The first-order valence-electron chi connectivity index (χ1n) is 9.49. The van der Waals surface area contributed by atoms with Gasteiger partial charge in [-0.05, 0) is 62.3 Å². The van der Waals surface area contributed by atoms with Crippen molar-refractivity contribution < 1.29 is 14.3 Å². The zero-order valence-corrected chi connectivity index (χ0v) is 17.4. The van der Waals surface area contributed by atoms with E-state index in [0.29, 0.717) is 35.4 Å². The van der Waals surface area contributed by atoms with E-state index in [9.17, 15) is 4.79 Å². The summed E-state index contributed by atoms with van der Waals surface area (Å²) in [5, 5.41) is 9.80. The van der Waals surface area contributed by atoms with Crippen molar-refractivity contribution >= 4 is 28.9 Å². The van der Waals surface area contributed by atoms with Gasteiger partial charge in [-0.3, -0.25) is 4.79 Å². The molecule has 2 aliphatic heterocycles. The van der Waals surface area contributed by atoms with E-state index in [1.165, 1.54) is 0 Å². The topological polar surface area (TPSA) is 71.6 Å². The van der Waals surface area contributed by atoms with Gasteiger partial charge in [0.15, 0.2) is 16.6 Å². The minimum atomic E-state index is -0.398. The van der Waals surface area contributed by atoms with Crippen molar-refractivity contribution in [3.63, 3.8) is 0 Å². The van der Waals surface area contributed by atoms with E-state index in [2.05, 4.69) is 16.0 Å². The summed E-state index contributed by atoms with van der Waals surface area (Å²) in [6.07, 6.45) is 0. The number of allylic oxidation sites excluding steroid dienone is 1. The summed E-state index contributed by atoms with van der Waals surface area (Å²) in [7, 11) is 0. The Kier molecular flexibility index (Phi) is 5.15. The lowest BCUT2D eigenvalue weighted by Gasteiger charge is -2.31. The average Bonchev–Trinajstić information content (AvgIpc) is 2.69. The van der Waals surface area contributed by atoms with Crippen LogP contribution in [0.15, 0.2) is 47.7 Å². The van der Waals surface area contributed by atoms with Gasteiger partial charge in [-0.15, -0.1) is 0 Å². The van der Waals surface area contributed by atoms with E-state index in [4.69, 9.17) is 21.7 Å². The van der Waals surface area contributed by atoms with E-state index in [1.54, 1.807) is 0 Å². The summed E-state index contributed by atoms with van der Waals surface area (Å²) in [6.45, 7) is 6.90. The Morgan fingerprint density at radius 3 is 2.59 bits per heavy atom. The van der Waals surface area contributed by atoms with E-state index >= 15 is 0 Å². The Morgan fingerprint density at radius 1 is 1.07 bits per heavy atom. The van der Waals surface area contributed by atoms with Crippen LogP contribution in [0.3, 0.4) is 0 Å². The van der Waals surface area contributed by atoms with Crippen molar-refractivity contribution in [1.29, 1.82) is 0 Å². The molecule has 0 aromatic heterocycles. The highest BCUT2D eigenvalue weighted by atomic mass is 32.1. The fourth-order valence-corrected chi connectivity index (χ4v) is 3.90. The van der Waals surface area contributed by atoms with E-state index < -0.39 is 6.04 Å². The summed E-state index contributed by atoms with van der Waals surface area (Å²) < 4.78 is 11.3. The molecule has 29 heavy (non-hydrogen) atoms. The normalized spacial score (nSPS) is 18.0. The lowest BCUT2D eigenvalue weighted by Crippen LogP contribution is -2.45. The third-order valence-electron chi connectivity index (χ3n) is 5.04. The maximum Gasteiger partial charge on any atom is 0.255 e. The molecular weight excluding hydrogens is 386 g/mol. The summed E-state index contributed by atoms with van der Waals surface area (Å²) in [6, 6.07) is 11.2. The number of amides is 1. The summed E-state index contributed by atoms with van der Waals surface area (Å²) in [4.78, 5) is 13.2. The molecule has 2 heterocycles. The number of benzene rings is 2. The molecular formula is C22H23N3O3S. The van der Waals surface area contributed by atoms with Gasteiger partial charge in [0.1, 0.15) is 13.2 Å². The van der Waals surface area contributed by atoms with Crippen molar-refractivity contribution in [2.45, 2.75) is 26.8 Å². The van der Waals surface area contributed by atoms with Crippen molar-refractivity contribution in [3.8, 4) is 11.5 Å². The lowest BCUT2D eigenvalue weighted by molar-refractivity contribution is -0.113. The predicted molar refractivity (Wildman–Crippen MR) is 116 cm³/mol. The molecule has 1 atom stereocenters. The monoisotopic (exact) mass is 409 g/mol. The van der Waals surface area contributed by atoms with Crippen LogP contribution in [-0.4, -0.2) is 24.2 Å². The smallest absolute Gasteiger partial charge is 0.255 e. The molecule has 0 unspecified atom stereocenters. The Morgan fingerprint density at radius 2 is 1.83 bits per heavy atom. The first-order chi connectivity index (χ1) is 13.9. The molecule has 7 heteroatoms. The van der Waals surface area contributed by atoms with Crippen molar-refractivity contribution in [2.75, 3.05) is 18.5 Å². The molecule has 2 aromatic carbocycles. The molecule has 0 spiro atoms. The molecule has 4 rings (SSSR count). The van der Waals surface area contributed by atoms with Crippen LogP contribution in [-0.2, 0) is 4.79 Å². The van der Waals surface area contributed by atoms with Gasteiger partial charge in [-0.2, -0.15) is 0 Å². The molecule has 2 aromatic rings. The molecule has 6 nitrogen and oxygen atoms in total. The number of thiocarbonyl (C=S) groups is 1. The Hall–Kier alpha value is -3.06. The number of rotatable bonds is 3. The van der Waals surface area contributed by atoms with Gasteiger partial charge >= 0.3 is 0 Å². The maximum absolute atomic E-state index is 13.2. The minimum absolute atomic E-state index is 0.183. The van der Waals surface area contributed by atoms with Crippen LogP contribution in [0.1, 0.15) is 29.7 Å². The fourth-order valence-electron chi connectivity index (χ4n) is 3.63. The maximum atomic E-state index is 13.2. The number of fused-ring (bicyclic) bond motifs is 1. The van der Waals surface area contributed by atoms with Crippen molar-refractivity contribution in [3.05, 3.63) is 64.4 Å². The molecule has 1 amide bonds. The minimum Gasteiger partial charge on any atom is -0.486 e.